The molecule has 4 aromatic rings. The van der Waals surface area contributed by atoms with Crippen molar-refractivity contribution < 1.29 is 9.53 Å². The summed E-state index contributed by atoms with van der Waals surface area (Å²) >= 11 is 0. The van der Waals surface area contributed by atoms with Crippen LogP contribution in [0, 0.1) is 0 Å². The molecule has 3 aliphatic heterocycles. The van der Waals surface area contributed by atoms with Crippen LogP contribution in [0.4, 0.5) is 23.1 Å². The molecule has 1 fully saturated rings. The normalized spacial score (nSPS) is 17.9. The van der Waals surface area contributed by atoms with E-state index in [0.29, 0.717) is 47.5 Å². The van der Waals surface area contributed by atoms with Gasteiger partial charge in [-0.15, -0.1) is 0 Å². The number of hydrogen-bond donors (Lipinski definition) is 2. The van der Waals surface area contributed by atoms with Crippen molar-refractivity contribution in [2.45, 2.75) is 19.4 Å². The molecular formula is C28H29N9O3. The third kappa shape index (κ3) is 4.35. The standard InChI is InChI=1S/C28H29N9O3/c38-24-18-40-22-9-10-23-32-26(22)35(24)13-3-1-2-4-14-36-27(39)21-17-30-28(33-25(21)37(23)36)31-19-5-7-20(8-6-19)34-15-11-29-12-16-34/h2,4-10,17,29H,1,3,11-16,18H2,(H,30,31,33)/b4-2-. The number of anilines is 4. The van der Waals surface area contributed by atoms with Crippen LogP contribution in [-0.2, 0) is 11.3 Å². The molecule has 40 heavy (non-hydrogen) atoms. The van der Waals surface area contributed by atoms with E-state index in [1.807, 2.05) is 24.3 Å². The quantitative estimate of drug-likeness (QED) is 0.377. The molecule has 2 N–H and O–H groups in total. The molecule has 0 saturated carbocycles. The van der Waals surface area contributed by atoms with Gasteiger partial charge in [-0.2, -0.15) is 4.98 Å². The second-order valence-electron chi connectivity index (χ2n) is 9.98. The molecule has 3 aliphatic rings. The predicted octanol–water partition coefficient (Wildman–Crippen LogP) is 2.21. The smallest absolute Gasteiger partial charge is 0.278 e. The first-order chi connectivity index (χ1) is 19.7. The average Bonchev–Trinajstić information content (AvgIpc) is 3.26. The monoisotopic (exact) mass is 539 g/mol. The molecule has 6 heterocycles. The average molecular weight is 540 g/mol. The molecule has 0 spiro atoms. The van der Waals surface area contributed by atoms with Crippen molar-refractivity contribution in [3.63, 3.8) is 0 Å². The lowest BCUT2D eigenvalue weighted by atomic mass is 10.2. The Morgan fingerprint density at radius 2 is 1.80 bits per heavy atom. The van der Waals surface area contributed by atoms with E-state index in [0.717, 1.165) is 44.7 Å². The van der Waals surface area contributed by atoms with E-state index in [1.54, 1.807) is 32.6 Å². The minimum absolute atomic E-state index is 0.0144. The fourth-order valence-electron chi connectivity index (χ4n) is 5.37. The Labute approximate surface area is 229 Å². The third-order valence-electron chi connectivity index (χ3n) is 7.43. The van der Waals surface area contributed by atoms with Crippen LogP contribution in [0.5, 0.6) is 5.75 Å². The molecular weight excluding hydrogens is 510 g/mol. The number of nitrogens with one attached hydrogen (secondary N) is 2. The molecule has 2 bridgehead atoms. The highest BCUT2D eigenvalue weighted by Gasteiger charge is 2.28. The summed E-state index contributed by atoms with van der Waals surface area (Å²) in [4.78, 5) is 44.2. The van der Waals surface area contributed by atoms with Crippen LogP contribution in [0.15, 0.2) is 59.5 Å². The van der Waals surface area contributed by atoms with E-state index in [9.17, 15) is 9.59 Å². The molecule has 12 nitrogen and oxygen atoms in total. The number of fused-ring (bicyclic) bond motifs is 5. The second-order valence-corrected chi connectivity index (χ2v) is 9.98. The Balaban J connectivity index is 1.29. The van der Waals surface area contributed by atoms with Gasteiger partial charge in [-0.25, -0.2) is 19.3 Å². The zero-order chi connectivity index (χ0) is 27.1. The zero-order valence-corrected chi connectivity index (χ0v) is 21.9. The van der Waals surface area contributed by atoms with Gasteiger partial charge in [0.25, 0.3) is 11.5 Å². The van der Waals surface area contributed by atoms with E-state index >= 15 is 0 Å². The number of pyridine rings is 1. The zero-order valence-electron chi connectivity index (χ0n) is 21.9. The number of allylic oxidation sites excluding steroid dienone is 2. The largest absolute Gasteiger partial charge is 0.480 e. The lowest BCUT2D eigenvalue weighted by Gasteiger charge is -2.29. The number of amides is 1. The molecule has 12 heteroatoms. The summed E-state index contributed by atoms with van der Waals surface area (Å²) in [6, 6.07) is 11.7. The first-order valence-electron chi connectivity index (χ1n) is 13.6. The molecule has 7 rings (SSSR count). The maximum atomic E-state index is 13.5. The number of hydrogen-bond acceptors (Lipinski definition) is 9. The first-order valence-corrected chi connectivity index (χ1v) is 13.6. The number of carbonyl (C=O) groups is 1. The Bertz CT molecular complexity index is 1670. The number of carbonyl (C=O) groups excluding carboxylic acids is 1. The van der Waals surface area contributed by atoms with E-state index in [1.165, 1.54) is 5.69 Å². The summed E-state index contributed by atoms with van der Waals surface area (Å²) in [7, 11) is 0. The highest BCUT2D eigenvalue weighted by Crippen LogP contribution is 2.32. The Morgan fingerprint density at radius 1 is 0.950 bits per heavy atom. The minimum atomic E-state index is -0.215. The Morgan fingerprint density at radius 3 is 2.65 bits per heavy atom. The summed E-state index contributed by atoms with van der Waals surface area (Å²) in [5.74, 6) is 1.69. The van der Waals surface area contributed by atoms with Crippen LogP contribution in [0.3, 0.4) is 0 Å². The van der Waals surface area contributed by atoms with Gasteiger partial charge in [-0.1, -0.05) is 12.2 Å². The van der Waals surface area contributed by atoms with E-state index < -0.39 is 0 Å². The van der Waals surface area contributed by atoms with Crippen molar-refractivity contribution in [2.24, 2.45) is 0 Å². The van der Waals surface area contributed by atoms with E-state index in [2.05, 4.69) is 32.7 Å². The van der Waals surface area contributed by atoms with Gasteiger partial charge in [0.05, 0.1) is 6.54 Å². The molecule has 1 saturated heterocycles. The summed E-state index contributed by atoms with van der Waals surface area (Å²) in [6.07, 6.45) is 7.10. The number of rotatable bonds is 3. The van der Waals surface area contributed by atoms with E-state index in [-0.39, 0.29) is 18.1 Å². The second kappa shape index (κ2) is 10.1. The molecule has 0 atom stereocenters. The Hall–Kier alpha value is -4.71. The maximum Gasteiger partial charge on any atom is 0.278 e. The summed E-state index contributed by atoms with van der Waals surface area (Å²) in [6.45, 7) is 4.79. The van der Waals surface area contributed by atoms with Gasteiger partial charge in [0.2, 0.25) is 5.95 Å². The molecule has 0 aliphatic carbocycles. The van der Waals surface area contributed by atoms with Gasteiger partial charge in [-0.3, -0.25) is 14.5 Å². The van der Waals surface area contributed by atoms with Gasteiger partial charge in [0.15, 0.2) is 29.6 Å². The summed E-state index contributed by atoms with van der Waals surface area (Å²) in [5.41, 5.74) is 2.22. The topological polar surface area (TPSA) is 122 Å². The van der Waals surface area contributed by atoms with Crippen LogP contribution in [0.2, 0.25) is 0 Å². The number of benzene rings is 1. The van der Waals surface area contributed by atoms with Crippen LogP contribution < -0.4 is 30.7 Å². The fraction of sp³-hybridized carbons (Fsp3) is 0.321. The fourth-order valence-corrected chi connectivity index (χ4v) is 5.37. The highest BCUT2D eigenvalue weighted by molar-refractivity contribution is 5.96. The predicted molar refractivity (Wildman–Crippen MR) is 152 cm³/mol. The SMILES string of the molecule is O=C1COc2ccc3nc2N1CCC/C=C\Cn1c(=O)c2cnc(Nc4ccc(N5CCNCC5)cc4)nc2n1-3. The van der Waals surface area contributed by atoms with E-state index in [4.69, 9.17) is 14.7 Å². The molecule has 1 amide bonds. The molecule has 204 valence electrons. The number of aromatic nitrogens is 5. The van der Waals surface area contributed by atoms with Crippen molar-refractivity contribution in [1.82, 2.24) is 29.6 Å². The summed E-state index contributed by atoms with van der Waals surface area (Å²) < 4.78 is 8.93. The number of ether oxygens (including phenoxy) is 1. The molecule has 0 radical (unpaired) electrons. The minimum Gasteiger partial charge on any atom is -0.480 e. The van der Waals surface area contributed by atoms with Crippen molar-refractivity contribution >= 4 is 40.1 Å². The van der Waals surface area contributed by atoms with Crippen molar-refractivity contribution in [1.29, 1.82) is 0 Å². The molecule has 0 unspecified atom stereocenters. The third-order valence-corrected chi connectivity index (χ3v) is 7.43. The molecule has 3 aromatic heterocycles. The van der Waals surface area contributed by atoms with Crippen molar-refractivity contribution in [3.8, 4) is 11.6 Å². The Kier molecular flexibility index (Phi) is 6.16. The van der Waals surface area contributed by atoms with Crippen LogP contribution in [-0.4, -0.2) is 69.6 Å². The van der Waals surface area contributed by atoms with Crippen LogP contribution in [0.1, 0.15) is 12.8 Å². The lowest BCUT2D eigenvalue weighted by molar-refractivity contribution is -0.121. The lowest BCUT2D eigenvalue weighted by Crippen LogP contribution is -2.43. The maximum absolute atomic E-state index is 13.5. The van der Waals surface area contributed by atoms with Gasteiger partial charge in [-0.05, 0) is 49.2 Å². The number of nitrogens with zero attached hydrogens (tertiary/aromatic N) is 7. The highest BCUT2D eigenvalue weighted by atomic mass is 16.5. The van der Waals surface area contributed by atoms with Crippen molar-refractivity contribution in [3.05, 3.63) is 65.1 Å². The van der Waals surface area contributed by atoms with Gasteiger partial charge in [0.1, 0.15) is 5.39 Å². The molecule has 1 aromatic carbocycles. The van der Waals surface area contributed by atoms with Gasteiger partial charge in [0, 0.05) is 50.3 Å². The van der Waals surface area contributed by atoms with Crippen molar-refractivity contribution in [2.75, 3.05) is 54.4 Å². The summed E-state index contributed by atoms with van der Waals surface area (Å²) in [5, 5.41) is 7.03. The van der Waals surface area contributed by atoms with Gasteiger partial charge < -0.3 is 20.3 Å². The first kappa shape index (κ1) is 24.3. The van der Waals surface area contributed by atoms with Crippen LogP contribution in [0.25, 0.3) is 16.9 Å². The van der Waals surface area contributed by atoms with Crippen LogP contribution >= 0.6 is 0 Å². The van der Waals surface area contributed by atoms with Gasteiger partial charge >= 0.3 is 0 Å². The number of piperazine rings is 1.